The molecule has 14 heteroatoms. The first-order valence-electron chi connectivity index (χ1n) is 7.53. The van der Waals surface area contributed by atoms with E-state index in [0.717, 1.165) is 45.9 Å². The normalized spacial score (nSPS) is 11.9. The molecule has 8 nitrogen and oxygen atoms in total. The number of unbranched alkanes of at least 4 members (excludes halogenated alkanes) is 2. The van der Waals surface area contributed by atoms with Crippen LogP contribution >= 0.6 is 12.8 Å². The van der Waals surface area contributed by atoms with Gasteiger partial charge in [-0.25, -0.2) is 17.9 Å². The number of thiol groups is 1. The topological polar surface area (TPSA) is 124 Å². The molecule has 0 saturated carbocycles. The van der Waals surface area contributed by atoms with Crippen molar-refractivity contribution >= 4 is 79.8 Å². The summed E-state index contributed by atoms with van der Waals surface area (Å²) in [6.45, 7) is 1.29. The number of nitrogens with one attached hydrogen (secondary N) is 1. The number of carboxylic acids is 2. The van der Waals surface area contributed by atoms with E-state index in [1.807, 2.05) is 0 Å². The first-order valence-corrected chi connectivity index (χ1v) is 11.7. The predicted molar refractivity (Wildman–Crippen MR) is 117 cm³/mol. The number of rotatable bonds is 14. The van der Waals surface area contributed by atoms with Gasteiger partial charge >= 0.3 is 11.9 Å². The molecule has 2 atom stereocenters. The Morgan fingerprint density at radius 1 is 1.00 bits per heavy atom. The number of aliphatic carboxylic acids is 2. The second kappa shape index (κ2) is 21.1. The fraction of sp³-hybridized carbons (Fsp3) is 0.833. The maximum atomic E-state index is 10.6. The fourth-order valence-corrected chi connectivity index (χ4v) is 3.00. The molecular weight excluding hydrogens is 457 g/mol. The number of carbonyl (C=O) groups is 2. The van der Waals surface area contributed by atoms with Crippen LogP contribution in [0.25, 0.3) is 0 Å². The van der Waals surface area contributed by atoms with E-state index in [9.17, 15) is 9.59 Å². The molecule has 0 aromatic carbocycles. The van der Waals surface area contributed by atoms with Crippen molar-refractivity contribution < 1.29 is 19.8 Å². The highest BCUT2D eigenvalue weighted by molar-refractivity contribution is 8.12. The van der Waals surface area contributed by atoms with Crippen LogP contribution in [-0.2, 0) is 64.6 Å². The highest BCUT2D eigenvalue weighted by Gasteiger charge is 2.14. The van der Waals surface area contributed by atoms with Crippen molar-refractivity contribution in [3.63, 3.8) is 0 Å². The van der Waals surface area contributed by atoms with Gasteiger partial charge in [0.2, 0.25) is 0 Å². The van der Waals surface area contributed by atoms with Crippen molar-refractivity contribution in [3.8, 4) is 0 Å². The van der Waals surface area contributed by atoms with E-state index in [2.05, 4.69) is 65.4 Å². The zero-order valence-electron chi connectivity index (χ0n) is 13.9. The van der Waals surface area contributed by atoms with E-state index in [1.54, 1.807) is 0 Å². The van der Waals surface area contributed by atoms with Crippen molar-refractivity contribution in [2.45, 2.75) is 50.6 Å². The quantitative estimate of drug-likeness (QED) is 0.220. The van der Waals surface area contributed by atoms with E-state index in [1.165, 1.54) is 0 Å². The molecule has 0 aromatic rings. The Morgan fingerprint density at radius 3 is 2.08 bits per heavy atom. The minimum Gasteiger partial charge on any atom is -0.480 e. The smallest absolute Gasteiger partial charge is 0.329 e. The first kappa shape index (κ1) is 28.0. The minimum absolute atomic E-state index is 0.504. The Labute approximate surface area is 180 Å². The third-order valence-electron chi connectivity index (χ3n) is 2.93. The highest BCUT2D eigenvalue weighted by Crippen LogP contribution is 2.05. The molecule has 0 aliphatic rings. The maximum absolute atomic E-state index is 10.6. The monoisotopic (exact) mass is 478 g/mol. The average molecular weight is 479 g/mol. The van der Waals surface area contributed by atoms with Crippen LogP contribution in [0.5, 0.6) is 0 Å². The Balaban J connectivity index is 0. The molecule has 0 aromatic heterocycles. The summed E-state index contributed by atoms with van der Waals surface area (Å²) >= 11 is 17.2. The van der Waals surface area contributed by atoms with Gasteiger partial charge in [-0.1, -0.05) is 12.8 Å². The van der Waals surface area contributed by atoms with E-state index in [-0.39, 0.29) is 0 Å². The molecule has 0 saturated heterocycles. The summed E-state index contributed by atoms with van der Waals surface area (Å²) < 4.78 is 13.5. The summed E-state index contributed by atoms with van der Waals surface area (Å²) in [5.41, 5.74) is 0. The lowest BCUT2D eigenvalue weighted by atomic mass is 10.1. The molecule has 0 aliphatic carbocycles. The van der Waals surface area contributed by atoms with Gasteiger partial charge in [0.15, 0.2) is 6.04 Å². The molecule has 2 unspecified atom stereocenters. The van der Waals surface area contributed by atoms with Crippen LogP contribution in [0, 0.1) is 0 Å². The standard InChI is InChI=1S/C6H12N2O2S3.C6H10N2O2S3/c9-6(10)5(8-11)3-1-2-4-7-13-12;9-6(10)5(8-13-12)3-1-2-4-7-11/h5,8,11H,1-4H2,(H,9,10);5H,1-4H2,(H,9,10). The number of nitrogens with zero attached hydrogens (tertiary/aromatic N) is 3. The predicted octanol–water partition coefficient (Wildman–Crippen LogP) is 1.84. The van der Waals surface area contributed by atoms with E-state index < -0.39 is 24.0 Å². The van der Waals surface area contributed by atoms with Crippen LogP contribution in [-0.4, -0.2) is 47.3 Å². The Kier molecular flexibility index (Phi) is 22.6. The van der Waals surface area contributed by atoms with Gasteiger partial charge in [-0.3, -0.25) is 9.52 Å². The molecule has 0 aliphatic heterocycles. The lowest BCUT2D eigenvalue weighted by molar-refractivity contribution is -0.139. The van der Waals surface area contributed by atoms with Crippen LogP contribution in [0.1, 0.15) is 38.5 Å². The van der Waals surface area contributed by atoms with Crippen molar-refractivity contribution in [3.05, 3.63) is 0 Å². The average Bonchev–Trinajstić information content (AvgIpc) is 2.61. The van der Waals surface area contributed by atoms with Crippen LogP contribution in [0.15, 0.2) is 13.1 Å². The SMILES string of the molecule is O=C(O)C(CCCCN=S)N=S=S.O=C(O)C(CCCCN=S=S)NS. The zero-order chi connectivity index (χ0) is 20.2. The largest absolute Gasteiger partial charge is 0.480 e. The molecule has 150 valence electrons. The molecule has 0 amide bonds. The summed E-state index contributed by atoms with van der Waals surface area (Å²) in [6, 6.07) is -1.26. The number of hydrogen-bond acceptors (Lipinski definition) is 10. The second-order valence-corrected chi connectivity index (χ2v) is 7.00. The van der Waals surface area contributed by atoms with Gasteiger partial charge in [0, 0.05) is 55.0 Å². The van der Waals surface area contributed by atoms with E-state index in [0.29, 0.717) is 25.9 Å². The Hall–Kier alpha value is -0.250. The molecule has 0 radical (unpaired) electrons. The lowest BCUT2D eigenvalue weighted by Crippen LogP contribution is -2.30. The van der Waals surface area contributed by atoms with Crippen molar-refractivity contribution in [1.82, 2.24) is 4.72 Å². The van der Waals surface area contributed by atoms with Crippen molar-refractivity contribution in [1.29, 1.82) is 0 Å². The minimum atomic E-state index is -0.923. The Morgan fingerprint density at radius 2 is 1.62 bits per heavy atom. The summed E-state index contributed by atoms with van der Waals surface area (Å²) in [6.07, 6.45) is 4.31. The zero-order valence-corrected chi connectivity index (χ0v) is 18.8. The second-order valence-electron chi connectivity index (χ2n) is 4.83. The van der Waals surface area contributed by atoms with Crippen LogP contribution < -0.4 is 4.72 Å². The highest BCUT2D eigenvalue weighted by atomic mass is 32.8. The fourth-order valence-electron chi connectivity index (χ4n) is 1.59. The van der Waals surface area contributed by atoms with Crippen LogP contribution in [0.4, 0.5) is 0 Å². The summed E-state index contributed by atoms with van der Waals surface area (Å²) in [4.78, 5) is 21.1. The van der Waals surface area contributed by atoms with Gasteiger partial charge in [-0.2, -0.15) is 0 Å². The molecule has 0 spiro atoms. The molecule has 0 rings (SSSR count). The van der Waals surface area contributed by atoms with Gasteiger partial charge < -0.3 is 10.2 Å². The molecule has 0 bridgehead atoms. The van der Waals surface area contributed by atoms with Gasteiger partial charge in [-0.15, -0.1) is 0 Å². The van der Waals surface area contributed by atoms with Gasteiger partial charge in [0.25, 0.3) is 0 Å². The Bertz CT molecular complexity index is 524. The van der Waals surface area contributed by atoms with Crippen molar-refractivity contribution in [2.75, 3.05) is 13.1 Å². The van der Waals surface area contributed by atoms with Gasteiger partial charge in [0.05, 0.1) is 13.1 Å². The number of carboxylic acid groups (broad SMARTS) is 2. The third kappa shape index (κ3) is 18.5. The van der Waals surface area contributed by atoms with Crippen LogP contribution in [0.2, 0.25) is 0 Å². The van der Waals surface area contributed by atoms with E-state index in [4.69, 9.17) is 10.2 Å². The molecular formula is C12H22N4O4S6. The summed E-state index contributed by atoms with van der Waals surface area (Å²) in [7, 11) is 1.82. The van der Waals surface area contributed by atoms with Crippen LogP contribution in [0.3, 0.4) is 0 Å². The third-order valence-corrected chi connectivity index (χ3v) is 4.63. The van der Waals surface area contributed by atoms with Gasteiger partial charge in [0.1, 0.15) is 6.04 Å². The summed E-state index contributed by atoms with van der Waals surface area (Å²) in [5, 5.41) is 17.3. The van der Waals surface area contributed by atoms with Gasteiger partial charge in [-0.05, 0) is 38.5 Å². The molecule has 3 N–H and O–H groups in total. The summed E-state index contributed by atoms with van der Waals surface area (Å²) in [5.74, 6) is -1.79. The molecule has 0 fully saturated rings. The lowest BCUT2D eigenvalue weighted by Gasteiger charge is -2.08. The molecule has 0 heterocycles. The van der Waals surface area contributed by atoms with E-state index >= 15 is 0 Å². The number of hydrogen-bond donors (Lipinski definition) is 4. The maximum Gasteiger partial charge on any atom is 0.329 e. The van der Waals surface area contributed by atoms with Crippen molar-refractivity contribution in [2.24, 2.45) is 13.1 Å². The first-order chi connectivity index (χ1) is 12.4. The molecule has 26 heavy (non-hydrogen) atoms.